The summed E-state index contributed by atoms with van der Waals surface area (Å²) < 4.78 is 4.95. The fourth-order valence-electron chi connectivity index (χ4n) is 2.72. The van der Waals surface area contributed by atoms with Crippen molar-refractivity contribution in [1.29, 1.82) is 0 Å². The van der Waals surface area contributed by atoms with Crippen LogP contribution in [0.1, 0.15) is 11.3 Å². The molecule has 0 spiro atoms. The van der Waals surface area contributed by atoms with E-state index in [1.807, 2.05) is 11.0 Å². The third-order valence-electron chi connectivity index (χ3n) is 4.08. The van der Waals surface area contributed by atoms with E-state index in [2.05, 4.69) is 39.6 Å². The lowest BCUT2D eigenvalue weighted by atomic mass is 10.1. The normalized spacial score (nSPS) is 15.6. The molecule has 1 saturated heterocycles. The number of amides is 2. The SMILES string of the molecule is Cc1cc(NC(=O)N2CCN(CCc3ccccc3)CC2)no1. The van der Waals surface area contributed by atoms with Crippen LogP contribution in [0.2, 0.25) is 0 Å². The van der Waals surface area contributed by atoms with E-state index in [9.17, 15) is 4.79 Å². The number of hydrogen-bond donors (Lipinski definition) is 1. The first-order valence-electron chi connectivity index (χ1n) is 7.96. The minimum Gasteiger partial charge on any atom is -0.360 e. The smallest absolute Gasteiger partial charge is 0.323 e. The van der Waals surface area contributed by atoms with Crippen molar-refractivity contribution in [3.8, 4) is 0 Å². The van der Waals surface area contributed by atoms with E-state index in [0.29, 0.717) is 11.6 Å². The van der Waals surface area contributed by atoms with Gasteiger partial charge in [0.05, 0.1) is 0 Å². The Morgan fingerprint density at radius 3 is 2.61 bits per heavy atom. The van der Waals surface area contributed by atoms with Gasteiger partial charge in [-0.05, 0) is 18.9 Å². The van der Waals surface area contributed by atoms with E-state index in [1.165, 1.54) is 5.56 Å². The Labute approximate surface area is 136 Å². The lowest BCUT2D eigenvalue weighted by molar-refractivity contribution is 0.148. The first-order valence-corrected chi connectivity index (χ1v) is 7.96. The number of urea groups is 1. The number of anilines is 1. The standard InChI is InChI=1S/C17H22N4O2/c1-14-13-16(19-23-14)18-17(22)21-11-9-20(10-12-21)8-7-15-5-3-2-4-6-15/h2-6,13H,7-12H2,1H3,(H,18,19,22). The number of rotatable bonds is 4. The van der Waals surface area contributed by atoms with Crippen molar-refractivity contribution in [3.63, 3.8) is 0 Å². The minimum absolute atomic E-state index is 0.110. The molecule has 1 aliphatic heterocycles. The number of nitrogens with zero attached hydrogens (tertiary/aromatic N) is 3. The van der Waals surface area contributed by atoms with Gasteiger partial charge in [-0.25, -0.2) is 4.79 Å². The van der Waals surface area contributed by atoms with Crippen LogP contribution in [-0.4, -0.2) is 53.7 Å². The van der Waals surface area contributed by atoms with Gasteiger partial charge in [-0.15, -0.1) is 0 Å². The molecule has 0 saturated carbocycles. The van der Waals surface area contributed by atoms with Crippen LogP contribution in [-0.2, 0) is 6.42 Å². The van der Waals surface area contributed by atoms with Gasteiger partial charge in [0.25, 0.3) is 0 Å². The Hall–Kier alpha value is -2.34. The zero-order valence-corrected chi connectivity index (χ0v) is 13.4. The number of aryl methyl sites for hydroxylation is 1. The molecule has 0 unspecified atom stereocenters. The maximum atomic E-state index is 12.2. The van der Waals surface area contributed by atoms with Gasteiger partial charge >= 0.3 is 6.03 Å². The molecule has 3 rings (SSSR count). The van der Waals surface area contributed by atoms with Crippen molar-refractivity contribution in [2.45, 2.75) is 13.3 Å². The van der Waals surface area contributed by atoms with Crippen LogP contribution in [0.3, 0.4) is 0 Å². The van der Waals surface area contributed by atoms with E-state index in [1.54, 1.807) is 13.0 Å². The van der Waals surface area contributed by atoms with Crippen LogP contribution in [0.25, 0.3) is 0 Å². The van der Waals surface area contributed by atoms with Crippen LogP contribution in [0.15, 0.2) is 40.9 Å². The van der Waals surface area contributed by atoms with Crippen LogP contribution in [0, 0.1) is 6.92 Å². The number of carbonyl (C=O) groups is 1. The average Bonchev–Trinajstić information content (AvgIpc) is 2.99. The van der Waals surface area contributed by atoms with Crippen molar-refractivity contribution >= 4 is 11.8 Å². The van der Waals surface area contributed by atoms with E-state index in [0.717, 1.165) is 39.1 Å². The summed E-state index contributed by atoms with van der Waals surface area (Å²) in [6, 6.07) is 12.1. The fourth-order valence-corrected chi connectivity index (χ4v) is 2.72. The monoisotopic (exact) mass is 314 g/mol. The third-order valence-corrected chi connectivity index (χ3v) is 4.08. The molecule has 1 aromatic heterocycles. The predicted octanol–water partition coefficient (Wildman–Crippen LogP) is 2.38. The Morgan fingerprint density at radius 2 is 1.96 bits per heavy atom. The van der Waals surface area contributed by atoms with Crippen LogP contribution in [0.4, 0.5) is 10.6 Å². The first kappa shape index (κ1) is 15.6. The second kappa shape index (κ2) is 7.28. The van der Waals surface area contributed by atoms with E-state index >= 15 is 0 Å². The molecule has 0 radical (unpaired) electrons. The van der Waals surface area contributed by atoms with Gasteiger partial charge in [0.1, 0.15) is 5.76 Å². The van der Waals surface area contributed by atoms with Gasteiger partial charge in [-0.1, -0.05) is 35.5 Å². The molecule has 6 heteroatoms. The highest BCUT2D eigenvalue weighted by molar-refractivity contribution is 5.88. The Morgan fingerprint density at radius 1 is 1.22 bits per heavy atom. The summed E-state index contributed by atoms with van der Waals surface area (Å²) >= 11 is 0. The Kier molecular flexibility index (Phi) is 4.92. The second-order valence-corrected chi connectivity index (χ2v) is 5.82. The van der Waals surface area contributed by atoms with E-state index in [-0.39, 0.29) is 6.03 Å². The summed E-state index contributed by atoms with van der Waals surface area (Å²) in [6.07, 6.45) is 1.05. The fraction of sp³-hybridized carbons (Fsp3) is 0.412. The Balaban J connectivity index is 1.42. The summed E-state index contributed by atoms with van der Waals surface area (Å²) in [5.74, 6) is 1.16. The highest BCUT2D eigenvalue weighted by Gasteiger charge is 2.21. The molecule has 1 N–H and O–H groups in total. The highest BCUT2D eigenvalue weighted by Crippen LogP contribution is 2.10. The third kappa shape index (κ3) is 4.32. The zero-order valence-electron chi connectivity index (χ0n) is 13.4. The van der Waals surface area contributed by atoms with Crippen LogP contribution >= 0.6 is 0 Å². The highest BCUT2D eigenvalue weighted by atomic mass is 16.5. The molecule has 2 aromatic rings. The molecule has 1 fully saturated rings. The van der Waals surface area contributed by atoms with Crippen molar-refractivity contribution in [1.82, 2.24) is 15.0 Å². The topological polar surface area (TPSA) is 61.6 Å². The van der Waals surface area contributed by atoms with Gasteiger partial charge < -0.3 is 9.42 Å². The summed E-state index contributed by atoms with van der Waals surface area (Å²) in [7, 11) is 0. The number of benzene rings is 1. The van der Waals surface area contributed by atoms with E-state index < -0.39 is 0 Å². The van der Waals surface area contributed by atoms with Crippen molar-refractivity contribution < 1.29 is 9.32 Å². The molecule has 23 heavy (non-hydrogen) atoms. The summed E-state index contributed by atoms with van der Waals surface area (Å²) in [6.45, 7) is 6.10. The number of nitrogens with one attached hydrogen (secondary N) is 1. The predicted molar refractivity (Wildman–Crippen MR) is 88.4 cm³/mol. The van der Waals surface area contributed by atoms with Gasteiger partial charge in [0.2, 0.25) is 0 Å². The summed E-state index contributed by atoms with van der Waals surface area (Å²) in [4.78, 5) is 16.4. The lowest BCUT2D eigenvalue weighted by Gasteiger charge is -2.34. The summed E-state index contributed by atoms with van der Waals surface area (Å²) in [5, 5.41) is 6.55. The van der Waals surface area contributed by atoms with Crippen LogP contribution in [0.5, 0.6) is 0 Å². The molecule has 1 aromatic carbocycles. The molecule has 2 heterocycles. The van der Waals surface area contributed by atoms with Gasteiger partial charge in [0.15, 0.2) is 5.82 Å². The molecule has 0 atom stereocenters. The summed E-state index contributed by atoms with van der Waals surface area (Å²) in [5.41, 5.74) is 1.36. The van der Waals surface area contributed by atoms with Gasteiger partial charge in [0, 0.05) is 38.8 Å². The number of hydrogen-bond acceptors (Lipinski definition) is 4. The zero-order chi connectivity index (χ0) is 16.1. The average molecular weight is 314 g/mol. The molecule has 2 amide bonds. The van der Waals surface area contributed by atoms with Gasteiger partial charge in [-0.2, -0.15) is 0 Å². The quantitative estimate of drug-likeness (QED) is 0.941. The van der Waals surface area contributed by atoms with Crippen molar-refractivity contribution in [3.05, 3.63) is 47.7 Å². The maximum absolute atomic E-state index is 12.2. The molecule has 1 aliphatic rings. The number of carbonyl (C=O) groups excluding carboxylic acids is 1. The molecule has 6 nitrogen and oxygen atoms in total. The number of piperazine rings is 1. The maximum Gasteiger partial charge on any atom is 0.323 e. The van der Waals surface area contributed by atoms with Crippen molar-refractivity contribution in [2.75, 3.05) is 38.0 Å². The second-order valence-electron chi connectivity index (χ2n) is 5.82. The molecular formula is C17H22N4O2. The minimum atomic E-state index is -0.110. The lowest BCUT2D eigenvalue weighted by Crippen LogP contribution is -2.50. The van der Waals surface area contributed by atoms with E-state index in [4.69, 9.17) is 4.52 Å². The van der Waals surface area contributed by atoms with Crippen LogP contribution < -0.4 is 5.32 Å². The van der Waals surface area contributed by atoms with Gasteiger partial charge in [-0.3, -0.25) is 10.2 Å². The molecule has 0 bridgehead atoms. The first-order chi connectivity index (χ1) is 11.2. The number of aromatic nitrogens is 1. The molecule has 122 valence electrons. The molecule has 0 aliphatic carbocycles. The molecular weight excluding hydrogens is 292 g/mol. The largest absolute Gasteiger partial charge is 0.360 e. The van der Waals surface area contributed by atoms with Crippen molar-refractivity contribution in [2.24, 2.45) is 0 Å². The Bertz CT molecular complexity index is 633.